The molecule has 0 saturated carbocycles. The molecule has 1 N–H and O–H groups in total. The van der Waals surface area contributed by atoms with E-state index in [9.17, 15) is 29.3 Å². The zero-order chi connectivity index (χ0) is 29.8. The first-order valence-corrected chi connectivity index (χ1v) is 14.7. The lowest BCUT2D eigenvalue weighted by atomic mass is 10.1. The summed E-state index contributed by atoms with van der Waals surface area (Å²) >= 11 is 8.52. The standard InChI is InChI=1S/C26H27ClN4O8S2/c1-4-38-25(34)19-14(3)21(26(35)39-5-2)41-23(19)28-18(32)13-29-8-10-30(11-9-29)24(33)22-20(27)16-7-6-15(31(36)37)12-17(16)40-22/h6-7,12H,4-5,8-11,13H2,1-3H3,(H,28,32). The highest BCUT2D eigenvalue weighted by Crippen LogP contribution is 2.38. The summed E-state index contributed by atoms with van der Waals surface area (Å²) in [5.41, 5.74) is 0.420. The third-order valence-corrected chi connectivity index (χ3v) is 9.22. The smallest absolute Gasteiger partial charge is 0.348 e. The maximum Gasteiger partial charge on any atom is 0.348 e. The lowest BCUT2D eigenvalue weighted by Gasteiger charge is -2.34. The maximum atomic E-state index is 13.2. The van der Waals surface area contributed by atoms with E-state index in [0.29, 0.717) is 46.7 Å². The van der Waals surface area contributed by atoms with Crippen molar-refractivity contribution in [2.45, 2.75) is 20.8 Å². The minimum absolute atomic E-state index is 0.00327. The van der Waals surface area contributed by atoms with Crippen molar-refractivity contribution in [3.05, 3.63) is 54.2 Å². The van der Waals surface area contributed by atoms with E-state index in [0.717, 1.165) is 22.7 Å². The van der Waals surface area contributed by atoms with Gasteiger partial charge in [-0.25, -0.2) is 9.59 Å². The molecular formula is C26H27ClN4O8S2. The second kappa shape index (κ2) is 12.9. The zero-order valence-electron chi connectivity index (χ0n) is 22.5. The fourth-order valence-corrected chi connectivity index (χ4v) is 6.99. The van der Waals surface area contributed by atoms with E-state index in [1.54, 1.807) is 25.7 Å². The molecule has 1 aliphatic heterocycles. The number of carbonyl (C=O) groups is 4. The quantitative estimate of drug-likeness (QED) is 0.205. The Balaban J connectivity index is 1.40. The molecule has 2 aromatic heterocycles. The van der Waals surface area contributed by atoms with Gasteiger partial charge < -0.3 is 19.7 Å². The molecule has 1 aliphatic rings. The number of hydrogen-bond donors (Lipinski definition) is 1. The Hall–Kier alpha value is -3.59. The minimum Gasteiger partial charge on any atom is -0.462 e. The van der Waals surface area contributed by atoms with Gasteiger partial charge in [0.25, 0.3) is 11.6 Å². The molecule has 1 saturated heterocycles. The number of piperazine rings is 1. The van der Waals surface area contributed by atoms with Crippen LogP contribution in [-0.2, 0) is 14.3 Å². The number of esters is 2. The van der Waals surface area contributed by atoms with Gasteiger partial charge in [0.1, 0.15) is 14.8 Å². The van der Waals surface area contributed by atoms with Gasteiger partial charge in [0.05, 0.1) is 35.3 Å². The van der Waals surface area contributed by atoms with Crippen molar-refractivity contribution in [1.82, 2.24) is 9.80 Å². The summed E-state index contributed by atoms with van der Waals surface area (Å²) in [6.45, 7) is 6.75. The van der Waals surface area contributed by atoms with Crippen LogP contribution in [0, 0.1) is 17.0 Å². The van der Waals surface area contributed by atoms with Gasteiger partial charge >= 0.3 is 11.9 Å². The van der Waals surface area contributed by atoms with Gasteiger partial charge in [-0.2, -0.15) is 0 Å². The van der Waals surface area contributed by atoms with Gasteiger partial charge in [-0.15, -0.1) is 22.7 Å². The third-order valence-electron chi connectivity index (χ3n) is 6.38. The Labute approximate surface area is 247 Å². The van der Waals surface area contributed by atoms with Gasteiger partial charge in [-0.1, -0.05) is 11.6 Å². The van der Waals surface area contributed by atoms with Gasteiger partial charge in [0, 0.05) is 48.4 Å². The second-order valence-electron chi connectivity index (χ2n) is 9.00. The lowest BCUT2D eigenvalue weighted by molar-refractivity contribution is -0.384. The molecular weight excluding hydrogens is 596 g/mol. The number of nitrogens with zero attached hydrogens (tertiary/aromatic N) is 3. The highest BCUT2D eigenvalue weighted by atomic mass is 35.5. The molecule has 12 nitrogen and oxygen atoms in total. The van der Waals surface area contributed by atoms with Crippen molar-refractivity contribution in [1.29, 1.82) is 0 Å². The number of ether oxygens (including phenoxy) is 2. The average molecular weight is 623 g/mol. The first-order chi connectivity index (χ1) is 19.5. The van der Waals surface area contributed by atoms with Gasteiger partial charge in [0.15, 0.2) is 0 Å². The predicted molar refractivity (Wildman–Crippen MR) is 155 cm³/mol. The van der Waals surface area contributed by atoms with Crippen molar-refractivity contribution >= 4 is 78.8 Å². The number of anilines is 1. The fourth-order valence-electron chi connectivity index (χ4n) is 4.37. The number of carbonyl (C=O) groups excluding carboxylic acids is 4. The van der Waals surface area contributed by atoms with E-state index >= 15 is 0 Å². The monoisotopic (exact) mass is 622 g/mol. The van der Waals surface area contributed by atoms with E-state index in [1.807, 2.05) is 4.90 Å². The molecule has 4 rings (SSSR count). The average Bonchev–Trinajstić information content (AvgIpc) is 3.44. The van der Waals surface area contributed by atoms with Gasteiger partial charge in [0.2, 0.25) is 5.91 Å². The Morgan fingerprint density at radius 1 is 1.02 bits per heavy atom. The van der Waals surface area contributed by atoms with Crippen molar-refractivity contribution in [2.75, 3.05) is 51.3 Å². The summed E-state index contributed by atoms with van der Waals surface area (Å²) in [5, 5.41) is 14.9. The van der Waals surface area contributed by atoms with Crippen LogP contribution < -0.4 is 5.32 Å². The number of thiophene rings is 2. The number of hydrogen-bond acceptors (Lipinski definition) is 11. The van der Waals surface area contributed by atoms with E-state index in [1.165, 1.54) is 18.2 Å². The summed E-state index contributed by atoms with van der Waals surface area (Å²) in [5.74, 6) is -1.89. The number of nitro groups is 1. The molecule has 3 heterocycles. The van der Waals surface area contributed by atoms with Crippen molar-refractivity contribution in [3.63, 3.8) is 0 Å². The van der Waals surface area contributed by atoms with Crippen molar-refractivity contribution < 1.29 is 33.6 Å². The topological polar surface area (TPSA) is 148 Å². The van der Waals surface area contributed by atoms with Crippen LogP contribution in [0.4, 0.5) is 10.7 Å². The molecule has 0 bridgehead atoms. The number of nitro benzene ring substituents is 1. The van der Waals surface area contributed by atoms with E-state index < -0.39 is 16.9 Å². The summed E-state index contributed by atoms with van der Waals surface area (Å²) in [4.78, 5) is 65.7. The Morgan fingerprint density at radius 2 is 1.68 bits per heavy atom. The van der Waals surface area contributed by atoms with Crippen LogP contribution in [-0.4, -0.2) is 84.4 Å². The van der Waals surface area contributed by atoms with E-state index in [-0.39, 0.29) is 57.7 Å². The lowest BCUT2D eigenvalue weighted by Crippen LogP contribution is -2.50. The highest BCUT2D eigenvalue weighted by Gasteiger charge is 2.30. The van der Waals surface area contributed by atoms with Gasteiger partial charge in [-0.3, -0.25) is 24.6 Å². The minimum atomic E-state index is -0.645. The number of amides is 2. The van der Waals surface area contributed by atoms with Crippen LogP contribution in [0.1, 0.15) is 49.1 Å². The first-order valence-electron chi connectivity index (χ1n) is 12.7. The van der Waals surface area contributed by atoms with Crippen molar-refractivity contribution in [2.24, 2.45) is 0 Å². The summed E-state index contributed by atoms with van der Waals surface area (Å²) in [7, 11) is 0. The first kappa shape index (κ1) is 30.4. The van der Waals surface area contributed by atoms with Crippen LogP contribution in [0.2, 0.25) is 5.02 Å². The molecule has 15 heteroatoms. The van der Waals surface area contributed by atoms with Crippen LogP contribution >= 0.6 is 34.3 Å². The number of rotatable bonds is 9. The Bertz CT molecular complexity index is 1530. The molecule has 41 heavy (non-hydrogen) atoms. The van der Waals surface area contributed by atoms with Crippen molar-refractivity contribution in [3.8, 4) is 0 Å². The summed E-state index contributed by atoms with van der Waals surface area (Å²) in [6, 6.07) is 4.29. The van der Waals surface area contributed by atoms with Crippen LogP contribution in [0.15, 0.2) is 18.2 Å². The second-order valence-corrected chi connectivity index (χ2v) is 11.5. The summed E-state index contributed by atoms with van der Waals surface area (Å²) in [6.07, 6.45) is 0. The number of halogens is 1. The molecule has 0 spiro atoms. The number of benzene rings is 1. The molecule has 0 atom stereocenters. The third kappa shape index (κ3) is 6.50. The zero-order valence-corrected chi connectivity index (χ0v) is 24.9. The van der Waals surface area contributed by atoms with Crippen LogP contribution in [0.25, 0.3) is 10.1 Å². The molecule has 3 aromatic rings. The van der Waals surface area contributed by atoms with E-state index in [2.05, 4.69) is 5.32 Å². The molecule has 0 aliphatic carbocycles. The van der Waals surface area contributed by atoms with Gasteiger partial charge in [-0.05, 0) is 32.4 Å². The van der Waals surface area contributed by atoms with Crippen LogP contribution in [0.3, 0.4) is 0 Å². The maximum absolute atomic E-state index is 13.2. The molecule has 1 fully saturated rings. The molecule has 2 amide bonds. The summed E-state index contributed by atoms with van der Waals surface area (Å²) < 4.78 is 10.8. The molecule has 0 radical (unpaired) electrons. The Morgan fingerprint density at radius 3 is 2.32 bits per heavy atom. The SMILES string of the molecule is CCOC(=O)c1sc(NC(=O)CN2CCN(C(=O)c3sc4cc([N+](=O)[O-])ccc4c3Cl)CC2)c(C(=O)OCC)c1C. The van der Waals surface area contributed by atoms with Crippen LogP contribution in [0.5, 0.6) is 0 Å². The Kier molecular flexibility index (Phi) is 9.58. The normalized spacial score (nSPS) is 13.7. The number of nitrogens with one attached hydrogen (secondary N) is 1. The largest absolute Gasteiger partial charge is 0.462 e. The molecule has 1 aromatic carbocycles. The fraction of sp³-hybridized carbons (Fsp3) is 0.385. The molecule has 0 unspecified atom stereocenters. The molecule has 218 valence electrons. The number of non-ortho nitro benzene ring substituents is 1. The predicted octanol–water partition coefficient (Wildman–Crippen LogP) is 4.58. The highest BCUT2D eigenvalue weighted by molar-refractivity contribution is 7.21. The number of fused-ring (bicyclic) bond motifs is 1. The van der Waals surface area contributed by atoms with E-state index in [4.69, 9.17) is 21.1 Å².